The van der Waals surface area contributed by atoms with Crippen LogP contribution in [0, 0.1) is 0 Å². The Kier molecular flexibility index (Phi) is 7.46. The van der Waals surface area contributed by atoms with E-state index >= 15 is 0 Å². The van der Waals surface area contributed by atoms with E-state index in [0.29, 0.717) is 0 Å². The Balaban J connectivity index is 0.00000225. The molecule has 0 unspecified atom stereocenters. The first-order valence-electron chi connectivity index (χ1n) is 4.19. The summed E-state index contributed by atoms with van der Waals surface area (Å²) in [6.07, 6.45) is 1.52. The van der Waals surface area contributed by atoms with Crippen molar-refractivity contribution in [2.45, 2.75) is 11.9 Å². The summed E-state index contributed by atoms with van der Waals surface area (Å²) in [5.41, 5.74) is 0.858. The standard InChI is InChI=1S/C8H10I2N2O2S.ClH/c1-2-12(10)7-3-4-11-8(5-7)15(13,14)6-9;/h3-5H,2,6H2,1H3;1H. The van der Waals surface area contributed by atoms with Crippen LogP contribution >= 0.6 is 57.9 Å². The summed E-state index contributed by atoms with van der Waals surface area (Å²) in [7, 11) is -3.22. The molecule has 0 N–H and O–H groups in total. The van der Waals surface area contributed by atoms with Crippen LogP contribution in [0.5, 0.6) is 0 Å². The molecule has 0 aromatic carbocycles. The molecule has 1 aromatic heterocycles. The van der Waals surface area contributed by atoms with Crippen LogP contribution in [0.1, 0.15) is 6.92 Å². The Morgan fingerprint density at radius 3 is 2.62 bits per heavy atom. The van der Waals surface area contributed by atoms with Crippen LogP contribution in [0.4, 0.5) is 5.69 Å². The van der Waals surface area contributed by atoms with E-state index < -0.39 is 9.84 Å². The molecular formula is C8H11ClI2N2O2S. The van der Waals surface area contributed by atoms with Crippen molar-refractivity contribution in [2.24, 2.45) is 0 Å². The third-order valence-corrected chi connectivity index (χ3v) is 6.59. The number of aromatic nitrogens is 1. The minimum atomic E-state index is -3.22. The SMILES string of the molecule is CCN(I)c1ccnc(S(=O)(=O)CI)c1.Cl. The minimum absolute atomic E-state index is 0. The summed E-state index contributed by atoms with van der Waals surface area (Å²) in [6, 6.07) is 3.39. The highest BCUT2D eigenvalue weighted by molar-refractivity contribution is 14.1. The Hall–Kier alpha value is 0.650. The zero-order chi connectivity index (χ0) is 11.5. The first-order chi connectivity index (χ1) is 7.01. The maximum Gasteiger partial charge on any atom is 0.204 e. The summed E-state index contributed by atoms with van der Waals surface area (Å²) in [5, 5.41) is 0.143. The van der Waals surface area contributed by atoms with Gasteiger partial charge in [-0.15, -0.1) is 12.4 Å². The molecular weight excluding hydrogens is 477 g/mol. The molecule has 0 spiro atoms. The van der Waals surface area contributed by atoms with E-state index in [2.05, 4.69) is 27.8 Å². The number of halogens is 3. The lowest BCUT2D eigenvalue weighted by atomic mass is 10.4. The predicted molar refractivity (Wildman–Crippen MR) is 84.6 cm³/mol. The van der Waals surface area contributed by atoms with E-state index in [-0.39, 0.29) is 21.2 Å². The number of pyridine rings is 1. The highest BCUT2D eigenvalue weighted by Crippen LogP contribution is 2.21. The topological polar surface area (TPSA) is 50.3 Å². The molecule has 8 heteroatoms. The molecule has 0 aliphatic carbocycles. The highest BCUT2D eigenvalue weighted by atomic mass is 127. The highest BCUT2D eigenvalue weighted by Gasteiger charge is 2.15. The van der Waals surface area contributed by atoms with Crippen molar-refractivity contribution in [3.8, 4) is 0 Å². The summed E-state index contributed by atoms with van der Waals surface area (Å²) in [5.74, 6) is 0. The van der Waals surface area contributed by atoms with Crippen molar-refractivity contribution in [3.05, 3.63) is 18.3 Å². The first-order valence-corrected chi connectivity index (χ1v) is 8.33. The van der Waals surface area contributed by atoms with E-state index in [1.54, 1.807) is 12.1 Å². The van der Waals surface area contributed by atoms with Gasteiger partial charge in [0.2, 0.25) is 9.84 Å². The molecule has 0 saturated carbocycles. The van der Waals surface area contributed by atoms with Gasteiger partial charge in [-0.1, -0.05) is 22.6 Å². The molecule has 0 aliphatic rings. The molecule has 0 saturated heterocycles. The van der Waals surface area contributed by atoms with Crippen molar-refractivity contribution >= 4 is 73.4 Å². The van der Waals surface area contributed by atoms with Gasteiger partial charge in [0.25, 0.3) is 0 Å². The number of sulfone groups is 1. The minimum Gasteiger partial charge on any atom is -0.315 e. The van der Waals surface area contributed by atoms with Gasteiger partial charge in [0.15, 0.2) is 5.03 Å². The van der Waals surface area contributed by atoms with Crippen molar-refractivity contribution in [3.63, 3.8) is 0 Å². The summed E-state index contributed by atoms with van der Waals surface area (Å²) in [4.78, 5) is 3.88. The third kappa shape index (κ3) is 4.15. The number of hydrogen-bond acceptors (Lipinski definition) is 4. The average molecular weight is 489 g/mol. The zero-order valence-corrected chi connectivity index (χ0v) is 14.4. The van der Waals surface area contributed by atoms with Crippen LogP contribution < -0.4 is 3.11 Å². The van der Waals surface area contributed by atoms with Gasteiger partial charge in [0.05, 0.1) is 28.6 Å². The van der Waals surface area contributed by atoms with Gasteiger partial charge in [0.1, 0.15) is 3.76 Å². The van der Waals surface area contributed by atoms with Crippen LogP contribution in [0.2, 0.25) is 0 Å². The maximum absolute atomic E-state index is 11.6. The lowest BCUT2D eigenvalue weighted by Crippen LogP contribution is -2.10. The van der Waals surface area contributed by atoms with E-state index in [1.165, 1.54) is 6.20 Å². The average Bonchev–Trinajstić information content (AvgIpc) is 2.28. The van der Waals surface area contributed by atoms with Crippen molar-refractivity contribution in [2.75, 3.05) is 13.4 Å². The first kappa shape index (κ1) is 16.6. The molecule has 0 bridgehead atoms. The molecule has 0 amide bonds. The molecule has 0 aliphatic heterocycles. The Labute approximate surface area is 129 Å². The Morgan fingerprint density at radius 2 is 2.12 bits per heavy atom. The molecule has 4 nitrogen and oxygen atoms in total. The van der Waals surface area contributed by atoms with Gasteiger partial charge >= 0.3 is 0 Å². The van der Waals surface area contributed by atoms with Crippen molar-refractivity contribution < 1.29 is 8.42 Å². The predicted octanol–water partition coefficient (Wildman–Crippen LogP) is 2.85. The van der Waals surface area contributed by atoms with E-state index in [9.17, 15) is 8.42 Å². The molecule has 1 aromatic rings. The van der Waals surface area contributed by atoms with E-state index in [0.717, 1.165) is 12.2 Å². The molecule has 1 rings (SSSR count). The summed E-state index contributed by atoms with van der Waals surface area (Å²) >= 11 is 3.97. The van der Waals surface area contributed by atoms with Crippen LogP contribution in [0.25, 0.3) is 0 Å². The quantitative estimate of drug-likeness (QED) is 0.372. The van der Waals surface area contributed by atoms with Gasteiger partial charge in [0, 0.05) is 12.7 Å². The summed E-state index contributed by atoms with van der Waals surface area (Å²) in [6.45, 7) is 2.81. The fourth-order valence-corrected chi connectivity index (χ4v) is 2.85. The molecule has 16 heavy (non-hydrogen) atoms. The second-order valence-electron chi connectivity index (χ2n) is 2.75. The maximum atomic E-state index is 11.6. The number of anilines is 1. The van der Waals surface area contributed by atoms with Crippen LogP contribution in [0.15, 0.2) is 23.4 Å². The van der Waals surface area contributed by atoms with Gasteiger partial charge in [-0.25, -0.2) is 13.4 Å². The second kappa shape index (κ2) is 7.17. The normalized spacial score (nSPS) is 10.7. The van der Waals surface area contributed by atoms with E-state index in [1.807, 2.05) is 32.6 Å². The lowest BCUT2D eigenvalue weighted by molar-refractivity contribution is 0.598. The van der Waals surface area contributed by atoms with Crippen molar-refractivity contribution in [1.29, 1.82) is 0 Å². The Bertz CT molecular complexity index is 441. The van der Waals surface area contributed by atoms with Gasteiger partial charge in [-0.2, -0.15) is 0 Å². The third-order valence-electron chi connectivity index (χ3n) is 1.74. The fraction of sp³-hybridized carbons (Fsp3) is 0.375. The zero-order valence-electron chi connectivity index (χ0n) is 8.43. The molecule has 1 heterocycles. The summed E-state index contributed by atoms with van der Waals surface area (Å²) < 4.78 is 25.1. The molecule has 0 fully saturated rings. The molecule has 92 valence electrons. The second-order valence-corrected chi connectivity index (χ2v) is 7.65. The van der Waals surface area contributed by atoms with Crippen LogP contribution in [-0.2, 0) is 9.84 Å². The Morgan fingerprint density at radius 1 is 1.50 bits per heavy atom. The largest absolute Gasteiger partial charge is 0.315 e. The molecule has 0 atom stereocenters. The van der Waals surface area contributed by atoms with Gasteiger partial charge < -0.3 is 3.11 Å². The van der Waals surface area contributed by atoms with Crippen LogP contribution in [-0.4, -0.2) is 23.7 Å². The van der Waals surface area contributed by atoms with Crippen LogP contribution in [0.3, 0.4) is 0 Å². The van der Waals surface area contributed by atoms with E-state index in [4.69, 9.17) is 0 Å². The van der Waals surface area contributed by atoms with Crippen molar-refractivity contribution in [1.82, 2.24) is 4.98 Å². The fourth-order valence-electron chi connectivity index (χ4n) is 0.958. The number of alkyl halides is 1. The number of hydrogen-bond donors (Lipinski definition) is 0. The lowest BCUT2D eigenvalue weighted by Gasteiger charge is -2.14. The van der Waals surface area contributed by atoms with Gasteiger partial charge in [-0.05, 0) is 19.1 Å². The number of rotatable bonds is 4. The molecule has 0 radical (unpaired) electrons. The number of nitrogens with zero attached hydrogens (tertiary/aromatic N) is 2. The van der Waals surface area contributed by atoms with Gasteiger partial charge in [-0.3, -0.25) is 0 Å². The smallest absolute Gasteiger partial charge is 0.204 e. The monoisotopic (exact) mass is 488 g/mol.